The zero-order valence-corrected chi connectivity index (χ0v) is 10.7. The molecule has 2 aromatic rings. The summed E-state index contributed by atoms with van der Waals surface area (Å²) in [5.74, 6) is 0.856. The van der Waals surface area contributed by atoms with Crippen LogP contribution in [0.1, 0.15) is 21.7 Å². The predicted molar refractivity (Wildman–Crippen MR) is 64.2 cm³/mol. The van der Waals surface area contributed by atoms with Crippen LogP contribution in [0.5, 0.6) is 0 Å². The zero-order chi connectivity index (χ0) is 12.4. The quantitative estimate of drug-likeness (QED) is 0.775. The van der Waals surface area contributed by atoms with Crippen molar-refractivity contribution in [2.75, 3.05) is 0 Å². The van der Waals surface area contributed by atoms with Crippen molar-refractivity contribution >= 4 is 18.0 Å². The molecule has 17 heavy (non-hydrogen) atoms. The summed E-state index contributed by atoms with van der Waals surface area (Å²) in [6.07, 6.45) is 2.35. The van der Waals surface area contributed by atoms with Crippen molar-refractivity contribution < 1.29 is 4.79 Å². The number of hydrogen-bond donors (Lipinski definition) is 0. The second kappa shape index (κ2) is 4.67. The van der Waals surface area contributed by atoms with Gasteiger partial charge in [0.1, 0.15) is 10.9 Å². The molecule has 0 N–H and O–H groups in total. The Labute approximate surface area is 103 Å². The Bertz CT molecular complexity index is 565. The number of aromatic nitrogens is 4. The summed E-state index contributed by atoms with van der Waals surface area (Å²) in [7, 11) is 1.91. The van der Waals surface area contributed by atoms with E-state index in [9.17, 15) is 4.79 Å². The van der Waals surface area contributed by atoms with Gasteiger partial charge in [0.15, 0.2) is 11.4 Å². The number of aryl methyl sites for hydroxylation is 2. The standard InChI is InChI=1S/C11H12N4OS/c1-7-4-9(6-16)5-12-10(7)17-11-14-13-8(2)15(11)3/h4-6H,1-3H3. The van der Waals surface area contributed by atoms with Crippen LogP contribution < -0.4 is 0 Å². The smallest absolute Gasteiger partial charge is 0.197 e. The number of hydrogen-bond acceptors (Lipinski definition) is 5. The van der Waals surface area contributed by atoms with Gasteiger partial charge in [0.25, 0.3) is 0 Å². The first-order chi connectivity index (χ1) is 8.11. The second-order valence-corrected chi connectivity index (χ2v) is 4.66. The fourth-order valence-corrected chi connectivity index (χ4v) is 2.17. The monoisotopic (exact) mass is 248 g/mol. The molecule has 5 nitrogen and oxygen atoms in total. The van der Waals surface area contributed by atoms with Crippen LogP contribution in [0.3, 0.4) is 0 Å². The van der Waals surface area contributed by atoms with E-state index in [1.807, 2.05) is 31.5 Å². The lowest BCUT2D eigenvalue weighted by molar-refractivity contribution is 0.112. The van der Waals surface area contributed by atoms with Gasteiger partial charge in [-0.05, 0) is 37.2 Å². The van der Waals surface area contributed by atoms with Crippen molar-refractivity contribution in [2.45, 2.75) is 24.0 Å². The van der Waals surface area contributed by atoms with Crippen molar-refractivity contribution in [1.82, 2.24) is 19.7 Å². The van der Waals surface area contributed by atoms with Crippen LogP contribution in [-0.4, -0.2) is 26.0 Å². The number of carbonyl (C=O) groups excluding carboxylic acids is 1. The van der Waals surface area contributed by atoms with E-state index in [1.165, 1.54) is 11.8 Å². The van der Waals surface area contributed by atoms with Gasteiger partial charge in [0.2, 0.25) is 0 Å². The fourth-order valence-electron chi connectivity index (χ4n) is 1.32. The third-order valence-corrected chi connectivity index (χ3v) is 3.59. The molecular weight excluding hydrogens is 236 g/mol. The lowest BCUT2D eigenvalue weighted by atomic mass is 10.2. The first kappa shape index (κ1) is 11.8. The Hall–Kier alpha value is -1.69. The van der Waals surface area contributed by atoms with Gasteiger partial charge < -0.3 is 4.57 Å². The van der Waals surface area contributed by atoms with E-state index >= 15 is 0 Å². The predicted octanol–water partition coefficient (Wildman–Crippen LogP) is 1.79. The first-order valence-electron chi connectivity index (χ1n) is 5.07. The molecule has 0 amide bonds. The summed E-state index contributed by atoms with van der Waals surface area (Å²) in [5, 5.41) is 9.67. The lowest BCUT2D eigenvalue weighted by Crippen LogP contribution is -1.95. The number of rotatable bonds is 3. The highest BCUT2D eigenvalue weighted by atomic mass is 32.2. The highest BCUT2D eigenvalue weighted by molar-refractivity contribution is 7.99. The molecule has 0 saturated heterocycles. The first-order valence-corrected chi connectivity index (χ1v) is 5.89. The van der Waals surface area contributed by atoms with Gasteiger partial charge in [-0.1, -0.05) is 0 Å². The van der Waals surface area contributed by atoms with E-state index in [0.717, 1.165) is 27.9 Å². The third kappa shape index (κ3) is 2.36. The van der Waals surface area contributed by atoms with E-state index in [-0.39, 0.29) is 0 Å². The van der Waals surface area contributed by atoms with Gasteiger partial charge in [-0.25, -0.2) is 4.98 Å². The minimum absolute atomic E-state index is 0.584. The summed E-state index contributed by atoms with van der Waals surface area (Å²) >= 11 is 1.44. The Morgan fingerprint density at radius 2 is 2.12 bits per heavy atom. The van der Waals surface area contributed by atoms with Crippen molar-refractivity contribution in [3.05, 3.63) is 29.2 Å². The molecule has 0 bridgehead atoms. The van der Waals surface area contributed by atoms with Gasteiger partial charge in [-0.3, -0.25) is 4.79 Å². The van der Waals surface area contributed by atoms with Crippen LogP contribution in [0.15, 0.2) is 22.4 Å². The molecular formula is C11H12N4OS. The molecule has 0 atom stereocenters. The summed E-state index contributed by atoms with van der Waals surface area (Å²) in [6, 6.07) is 1.81. The third-order valence-electron chi connectivity index (χ3n) is 2.43. The van der Waals surface area contributed by atoms with Crippen molar-refractivity contribution in [2.24, 2.45) is 7.05 Å². The van der Waals surface area contributed by atoms with Crippen LogP contribution in [-0.2, 0) is 7.05 Å². The molecule has 0 fully saturated rings. The van der Waals surface area contributed by atoms with Crippen molar-refractivity contribution in [3.63, 3.8) is 0 Å². The average molecular weight is 248 g/mol. The minimum atomic E-state index is 0.584. The van der Waals surface area contributed by atoms with Gasteiger partial charge >= 0.3 is 0 Å². The van der Waals surface area contributed by atoms with E-state index < -0.39 is 0 Å². The highest BCUT2D eigenvalue weighted by Crippen LogP contribution is 2.26. The molecule has 2 aromatic heterocycles. The maximum absolute atomic E-state index is 10.6. The molecule has 6 heteroatoms. The summed E-state index contributed by atoms with van der Waals surface area (Å²) < 4.78 is 1.90. The maximum Gasteiger partial charge on any atom is 0.197 e. The van der Waals surface area contributed by atoms with Crippen LogP contribution >= 0.6 is 11.8 Å². The molecule has 0 unspecified atom stereocenters. The zero-order valence-electron chi connectivity index (χ0n) is 9.84. The molecule has 0 aliphatic carbocycles. The Morgan fingerprint density at radius 1 is 1.35 bits per heavy atom. The highest BCUT2D eigenvalue weighted by Gasteiger charge is 2.10. The molecule has 0 aromatic carbocycles. The van der Waals surface area contributed by atoms with E-state index in [2.05, 4.69) is 15.2 Å². The average Bonchev–Trinajstić information content (AvgIpc) is 2.63. The maximum atomic E-state index is 10.6. The summed E-state index contributed by atoms with van der Waals surface area (Å²) in [5.41, 5.74) is 1.54. The topological polar surface area (TPSA) is 60.7 Å². The van der Waals surface area contributed by atoms with Crippen molar-refractivity contribution in [3.8, 4) is 0 Å². The SMILES string of the molecule is Cc1cc(C=O)cnc1Sc1nnc(C)n1C. The second-order valence-electron chi connectivity index (χ2n) is 3.70. The van der Waals surface area contributed by atoms with Gasteiger partial charge in [0.05, 0.1) is 0 Å². The Kier molecular flexibility index (Phi) is 3.23. The molecule has 0 aliphatic rings. The Morgan fingerprint density at radius 3 is 2.65 bits per heavy atom. The Balaban J connectivity index is 2.30. The molecule has 0 spiro atoms. The molecule has 0 radical (unpaired) electrons. The van der Waals surface area contributed by atoms with Crippen LogP contribution in [0, 0.1) is 13.8 Å². The largest absolute Gasteiger partial charge is 0.309 e. The normalized spacial score (nSPS) is 10.5. The molecule has 0 aliphatic heterocycles. The minimum Gasteiger partial charge on any atom is -0.309 e. The molecule has 88 valence electrons. The summed E-state index contributed by atoms with van der Waals surface area (Å²) in [6.45, 7) is 3.82. The van der Waals surface area contributed by atoms with Crippen LogP contribution in [0.2, 0.25) is 0 Å². The molecule has 2 rings (SSSR count). The van der Waals surface area contributed by atoms with E-state index in [0.29, 0.717) is 5.56 Å². The number of nitrogens with zero attached hydrogens (tertiary/aromatic N) is 4. The van der Waals surface area contributed by atoms with Gasteiger partial charge in [-0.15, -0.1) is 10.2 Å². The van der Waals surface area contributed by atoms with Gasteiger partial charge in [0, 0.05) is 18.8 Å². The number of carbonyl (C=O) groups is 1. The van der Waals surface area contributed by atoms with Crippen LogP contribution in [0.25, 0.3) is 0 Å². The fraction of sp³-hybridized carbons (Fsp3) is 0.273. The lowest BCUT2D eigenvalue weighted by Gasteiger charge is -2.04. The molecule has 0 saturated carbocycles. The summed E-state index contributed by atoms with van der Waals surface area (Å²) in [4.78, 5) is 14.9. The van der Waals surface area contributed by atoms with E-state index in [1.54, 1.807) is 6.20 Å². The van der Waals surface area contributed by atoms with E-state index in [4.69, 9.17) is 0 Å². The molecule has 2 heterocycles. The number of pyridine rings is 1. The van der Waals surface area contributed by atoms with Crippen molar-refractivity contribution in [1.29, 1.82) is 0 Å². The number of aldehydes is 1. The van der Waals surface area contributed by atoms with Gasteiger partial charge in [-0.2, -0.15) is 0 Å². The van der Waals surface area contributed by atoms with Crippen LogP contribution in [0.4, 0.5) is 0 Å².